The Kier molecular flexibility index (Phi) is 1.80. The molecular weight excluding hydrogens is 160 g/mol. The van der Waals surface area contributed by atoms with Crippen molar-refractivity contribution in [3.8, 4) is 0 Å². The van der Waals surface area contributed by atoms with Gasteiger partial charge in [0.05, 0.1) is 0 Å². The molecule has 0 aromatic heterocycles. The third kappa shape index (κ3) is 1.21. The van der Waals surface area contributed by atoms with Crippen LogP contribution in [0.5, 0.6) is 0 Å². The van der Waals surface area contributed by atoms with Gasteiger partial charge in [-0.15, -0.1) is 0 Å². The normalized spacial score (nSPS) is 21.5. The lowest BCUT2D eigenvalue weighted by Crippen LogP contribution is -2.21. The molecule has 1 nitrogen and oxygen atoms in total. The van der Waals surface area contributed by atoms with Gasteiger partial charge in [-0.2, -0.15) is 0 Å². The second kappa shape index (κ2) is 2.84. The molecule has 0 saturated heterocycles. The van der Waals surface area contributed by atoms with Crippen LogP contribution in [0.3, 0.4) is 0 Å². The van der Waals surface area contributed by atoms with Crippen LogP contribution in [-0.2, 0) is 11.2 Å². The largest absolute Gasteiger partial charge is 0.294 e. The minimum absolute atomic E-state index is 0.0994. The van der Waals surface area contributed by atoms with E-state index in [-0.39, 0.29) is 11.7 Å². The molecule has 1 aliphatic carbocycles. The number of hydrogen-bond donors (Lipinski definition) is 0. The van der Waals surface area contributed by atoms with Crippen molar-refractivity contribution in [2.24, 2.45) is 5.92 Å². The van der Waals surface area contributed by atoms with Gasteiger partial charge in [-0.1, -0.05) is 37.8 Å². The van der Waals surface area contributed by atoms with Gasteiger partial charge < -0.3 is 0 Å². The number of rotatable bonds is 0. The Morgan fingerprint density at radius 3 is 2.85 bits per heavy atom. The van der Waals surface area contributed by atoms with Gasteiger partial charge in [0.2, 0.25) is 0 Å². The first-order chi connectivity index (χ1) is 6.20. The molecule has 1 atom stereocenters. The fourth-order valence-corrected chi connectivity index (χ4v) is 1.85. The number of fused-ring (bicyclic) bond motifs is 1. The van der Waals surface area contributed by atoms with E-state index in [1.807, 2.05) is 25.1 Å². The number of Topliss-reactive ketones (excluding diaryl/α,β-unsaturated/α-hetero) is 1. The van der Waals surface area contributed by atoms with E-state index in [1.54, 1.807) is 0 Å². The number of carbonyl (C=O) groups excluding carboxylic acids is 1. The fraction of sp³-hybridized carbons (Fsp3) is 0.250. The van der Waals surface area contributed by atoms with Crippen LogP contribution < -0.4 is 0 Å². The van der Waals surface area contributed by atoms with Gasteiger partial charge in [-0.05, 0) is 17.5 Å². The maximum absolute atomic E-state index is 11.6. The van der Waals surface area contributed by atoms with Crippen molar-refractivity contribution in [3.05, 3.63) is 42.0 Å². The third-order valence-electron chi connectivity index (χ3n) is 2.61. The highest BCUT2D eigenvalue weighted by molar-refractivity contribution is 6.22. The zero-order valence-electron chi connectivity index (χ0n) is 7.71. The molecule has 1 aromatic rings. The van der Waals surface area contributed by atoms with Gasteiger partial charge in [-0.3, -0.25) is 4.79 Å². The monoisotopic (exact) mass is 172 g/mol. The van der Waals surface area contributed by atoms with Gasteiger partial charge in [0.1, 0.15) is 0 Å². The van der Waals surface area contributed by atoms with Crippen molar-refractivity contribution < 1.29 is 4.79 Å². The van der Waals surface area contributed by atoms with Crippen LogP contribution >= 0.6 is 0 Å². The molecule has 0 saturated carbocycles. The molecule has 2 rings (SSSR count). The van der Waals surface area contributed by atoms with Crippen LogP contribution in [0.25, 0.3) is 5.57 Å². The Hall–Kier alpha value is -1.37. The van der Waals surface area contributed by atoms with Crippen LogP contribution in [0.2, 0.25) is 0 Å². The Morgan fingerprint density at radius 2 is 2.08 bits per heavy atom. The highest BCUT2D eigenvalue weighted by Crippen LogP contribution is 2.29. The average Bonchev–Trinajstić information content (AvgIpc) is 2.15. The number of allylic oxidation sites excluding steroid dienone is 1. The van der Waals surface area contributed by atoms with Gasteiger partial charge in [0.25, 0.3) is 0 Å². The SMILES string of the molecule is C=C1C(=O)C(C)Cc2ccccc21. The quantitative estimate of drug-likeness (QED) is 0.549. The summed E-state index contributed by atoms with van der Waals surface area (Å²) in [6.45, 7) is 5.80. The van der Waals surface area contributed by atoms with Gasteiger partial charge >= 0.3 is 0 Å². The molecule has 1 heteroatoms. The second-order valence-electron chi connectivity index (χ2n) is 3.61. The Bertz CT molecular complexity index is 376. The lowest BCUT2D eigenvalue weighted by molar-refractivity contribution is -0.117. The van der Waals surface area contributed by atoms with Crippen molar-refractivity contribution in [3.63, 3.8) is 0 Å². The van der Waals surface area contributed by atoms with Crippen molar-refractivity contribution in [2.45, 2.75) is 13.3 Å². The first-order valence-electron chi connectivity index (χ1n) is 4.51. The van der Waals surface area contributed by atoms with E-state index in [4.69, 9.17) is 0 Å². The van der Waals surface area contributed by atoms with Crippen LogP contribution in [0.1, 0.15) is 18.1 Å². The van der Waals surface area contributed by atoms with Crippen LogP contribution in [-0.4, -0.2) is 5.78 Å². The van der Waals surface area contributed by atoms with E-state index >= 15 is 0 Å². The molecule has 1 unspecified atom stereocenters. The van der Waals surface area contributed by atoms with E-state index in [0.29, 0.717) is 5.57 Å². The van der Waals surface area contributed by atoms with Crippen molar-refractivity contribution in [1.82, 2.24) is 0 Å². The molecule has 13 heavy (non-hydrogen) atoms. The maximum Gasteiger partial charge on any atom is 0.166 e. The van der Waals surface area contributed by atoms with E-state index in [0.717, 1.165) is 12.0 Å². The summed E-state index contributed by atoms with van der Waals surface area (Å²) in [5, 5.41) is 0. The predicted molar refractivity (Wildman–Crippen MR) is 53.4 cm³/mol. The summed E-state index contributed by atoms with van der Waals surface area (Å²) < 4.78 is 0. The second-order valence-corrected chi connectivity index (χ2v) is 3.61. The van der Waals surface area contributed by atoms with Crippen LogP contribution in [0.4, 0.5) is 0 Å². The molecule has 0 aliphatic heterocycles. The van der Waals surface area contributed by atoms with Crippen LogP contribution in [0, 0.1) is 5.92 Å². The molecule has 0 fully saturated rings. The van der Waals surface area contributed by atoms with Crippen molar-refractivity contribution >= 4 is 11.4 Å². The minimum atomic E-state index is 0.0994. The summed E-state index contributed by atoms with van der Waals surface area (Å²) in [6.07, 6.45) is 0.855. The number of ketones is 1. The van der Waals surface area contributed by atoms with Gasteiger partial charge in [0, 0.05) is 11.5 Å². The summed E-state index contributed by atoms with van der Waals surface area (Å²) >= 11 is 0. The molecule has 0 heterocycles. The zero-order chi connectivity index (χ0) is 9.42. The van der Waals surface area contributed by atoms with E-state index in [2.05, 4.69) is 12.6 Å². The van der Waals surface area contributed by atoms with Gasteiger partial charge in [0.15, 0.2) is 5.78 Å². The molecule has 0 radical (unpaired) electrons. The molecule has 66 valence electrons. The fourth-order valence-electron chi connectivity index (χ4n) is 1.85. The summed E-state index contributed by atoms with van der Waals surface area (Å²) in [7, 11) is 0. The highest BCUT2D eigenvalue weighted by atomic mass is 16.1. The van der Waals surface area contributed by atoms with E-state index in [9.17, 15) is 4.79 Å². The molecule has 0 N–H and O–H groups in total. The first kappa shape index (κ1) is 8.24. The summed E-state index contributed by atoms with van der Waals surface area (Å²) in [6, 6.07) is 8.01. The molecule has 0 bridgehead atoms. The minimum Gasteiger partial charge on any atom is -0.294 e. The van der Waals surface area contributed by atoms with Gasteiger partial charge in [-0.25, -0.2) is 0 Å². The zero-order valence-corrected chi connectivity index (χ0v) is 7.71. The van der Waals surface area contributed by atoms with Crippen LogP contribution in [0.15, 0.2) is 30.8 Å². The van der Waals surface area contributed by atoms with Crippen molar-refractivity contribution in [2.75, 3.05) is 0 Å². The lowest BCUT2D eigenvalue weighted by Gasteiger charge is -2.21. The summed E-state index contributed by atoms with van der Waals surface area (Å²) in [5.41, 5.74) is 2.96. The Balaban J connectivity index is 2.55. The van der Waals surface area contributed by atoms with E-state index in [1.165, 1.54) is 5.56 Å². The number of benzene rings is 1. The summed E-state index contributed by atoms with van der Waals surface area (Å²) in [4.78, 5) is 11.6. The Morgan fingerprint density at radius 1 is 1.38 bits per heavy atom. The van der Waals surface area contributed by atoms with E-state index < -0.39 is 0 Å². The average molecular weight is 172 g/mol. The maximum atomic E-state index is 11.6. The van der Waals surface area contributed by atoms with Crippen molar-refractivity contribution in [1.29, 1.82) is 0 Å². The topological polar surface area (TPSA) is 17.1 Å². The molecule has 0 amide bonds. The molecule has 1 aromatic carbocycles. The standard InChI is InChI=1S/C12H12O/c1-8-7-10-5-3-4-6-11(10)9(2)12(8)13/h3-6,8H,2,7H2,1H3. The summed E-state index contributed by atoms with van der Waals surface area (Å²) in [5.74, 6) is 0.293. The smallest absolute Gasteiger partial charge is 0.166 e. The first-order valence-corrected chi connectivity index (χ1v) is 4.51. The highest BCUT2D eigenvalue weighted by Gasteiger charge is 2.25. The molecule has 0 spiro atoms. The number of hydrogen-bond acceptors (Lipinski definition) is 1. The lowest BCUT2D eigenvalue weighted by atomic mass is 9.81. The Labute approximate surface area is 78.1 Å². The predicted octanol–water partition coefficient (Wildman–Crippen LogP) is 2.46. The number of carbonyl (C=O) groups is 1. The third-order valence-corrected chi connectivity index (χ3v) is 2.61. The molecule has 1 aliphatic rings. The molecular formula is C12H12O.